The number of rotatable bonds is 9. The van der Waals surface area contributed by atoms with Crippen LogP contribution in [0.15, 0.2) is 270 Å². The normalized spacial score (nSPS) is 11.5. The Bertz CT molecular complexity index is 3840. The summed E-state index contributed by atoms with van der Waals surface area (Å²) in [4.78, 5) is 2.36. The maximum atomic E-state index is 6.49. The minimum Gasteiger partial charge on any atom is -0.455 e. The molecule has 0 aliphatic carbocycles. The van der Waals surface area contributed by atoms with Crippen molar-refractivity contribution in [3.05, 3.63) is 261 Å². The summed E-state index contributed by atoms with van der Waals surface area (Å²) >= 11 is 0. The second-order valence-electron chi connectivity index (χ2n) is 17.5. The second-order valence-corrected chi connectivity index (χ2v) is 17.5. The third-order valence-electron chi connectivity index (χ3n) is 13.5. The van der Waals surface area contributed by atoms with Gasteiger partial charge in [0, 0.05) is 49.7 Å². The highest BCUT2D eigenvalue weighted by Gasteiger charge is 2.21. The van der Waals surface area contributed by atoms with E-state index >= 15 is 0 Å². The van der Waals surface area contributed by atoms with E-state index in [4.69, 9.17) is 8.83 Å². The van der Waals surface area contributed by atoms with Gasteiger partial charge in [0.2, 0.25) is 0 Å². The SMILES string of the molecule is c1ccc(-c2ccccc2-c2c(-c3ccccc3)cccc2-c2cccc(N(c3ccc(-c4cccc5c4oc4ccccc45)cc3)c3ccc(-c4cccc5c4oc4ccccc45)cc3)c2)cc1. The molecule has 0 atom stereocenters. The summed E-state index contributed by atoms with van der Waals surface area (Å²) in [5, 5.41) is 4.48. The van der Waals surface area contributed by atoms with E-state index in [2.05, 4.69) is 241 Å². The number of fused-ring (bicyclic) bond motifs is 6. The summed E-state index contributed by atoms with van der Waals surface area (Å²) in [6.45, 7) is 0. The first kappa shape index (κ1) is 40.1. The molecular formula is C66H43NO2. The predicted octanol–water partition coefficient (Wildman–Crippen LogP) is 19.0. The monoisotopic (exact) mass is 881 g/mol. The molecule has 0 saturated heterocycles. The molecule has 0 unspecified atom stereocenters. The van der Waals surface area contributed by atoms with Gasteiger partial charge in [-0.2, -0.15) is 0 Å². The molecule has 2 aromatic heterocycles. The number of anilines is 3. The van der Waals surface area contributed by atoms with Crippen LogP contribution in [-0.4, -0.2) is 0 Å². The van der Waals surface area contributed by atoms with Gasteiger partial charge in [0.1, 0.15) is 22.3 Å². The van der Waals surface area contributed by atoms with Crippen LogP contribution in [0.5, 0.6) is 0 Å². The second kappa shape index (κ2) is 16.9. The average Bonchev–Trinajstić information content (AvgIpc) is 4.01. The summed E-state index contributed by atoms with van der Waals surface area (Å²) in [6.07, 6.45) is 0. The number of para-hydroxylation sites is 4. The number of benzene rings is 11. The molecule has 324 valence electrons. The van der Waals surface area contributed by atoms with E-state index in [0.29, 0.717) is 0 Å². The standard InChI is InChI=1S/C66H43NO2/c1-3-17-44(18-4-1)52-23-7-8-26-59(52)64-53(45-19-5-2-6-20-45)27-14-28-54(64)48-21-13-22-51(43-48)67(49-39-35-46(36-40-49)55-29-15-31-60-57-24-9-11-33-62(57)68-65(55)60)50-41-37-47(38-42-50)56-30-16-32-61-58-25-10-12-34-63(58)69-66(56)61/h1-43H. The van der Waals surface area contributed by atoms with Gasteiger partial charge >= 0.3 is 0 Å². The van der Waals surface area contributed by atoms with Crippen molar-refractivity contribution in [1.82, 2.24) is 0 Å². The summed E-state index contributed by atoms with van der Waals surface area (Å²) in [5.41, 5.74) is 20.4. The number of hydrogen-bond donors (Lipinski definition) is 0. The zero-order chi connectivity index (χ0) is 45.7. The zero-order valence-corrected chi connectivity index (χ0v) is 37.6. The lowest BCUT2D eigenvalue weighted by molar-refractivity contribution is 0.669. The number of hydrogen-bond acceptors (Lipinski definition) is 3. The smallest absolute Gasteiger partial charge is 0.143 e. The van der Waals surface area contributed by atoms with E-state index in [9.17, 15) is 0 Å². The van der Waals surface area contributed by atoms with Crippen LogP contribution < -0.4 is 4.90 Å². The molecule has 0 aliphatic heterocycles. The Morgan fingerprint density at radius 3 is 1.17 bits per heavy atom. The van der Waals surface area contributed by atoms with E-state index in [1.165, 1.54) is 33.4 Å². The van der Waals surface area contributed by atoms with Gasteiger partial charge in [-0.15, -0.1) is 0 Å². The van der Waals surface area contributed by atoms with Crippen molar-refractivity contribution in [2.45, 2.75) is 0 Å². The lowest BCUT2D eigenvalue weighted by Crippen LogP contribution is -2.10. The van der Waals surface area contributed by atoms with E-state index in [1.807, 2.05) is 24.3 Å². The first-order valence-electron chi connectivity index (χ1n) is 23.5. The highest BCUT2D eigenvalue weighted by atomic mass is 16.3. The fourth-order valence-electron chi connectivity index (χ4n) is 10.3. The minimum atomic E-state index is 0.892. The Labute approximate surface area is 400 Å². The summed E-state index contributed by atoms with van der Waals surface area (Å²) in [6, 6.07) is 93.1. The van der Waals surface area contributed by atoms with Crippen molar-refractivity contribution in [3.8, 4) is 66.8 Å². The number of furan rings is 2. The zero-order valence-electron chi connectivity index (χ0n) is 37.6. The van der Waals surface area contributed by atoms with Crippen LogP contribution in [0.4, 0.5) is 17.1 Å². The molecule has 2 heterocycles. The van der Waals surface area contributed by atoms with Crippen LogP contribution in [0.25, 0.3) is 111 Å². The highest BCUT2D eigenvalue weighted by molar-refractivity contribution is 6.11. The Kier molecular flexibility index (Phi) is 9.84. The lowest BCUT2D eigenvalue weighted by atomic mass is 9.84. The maximum absolute atomic E-state index is 6.49. The van der Waals surface area contributed by atoms with Crippen LogP contribution in [0.3, 0.4) is 0 Å². The molecule has 0 radical (unpaired) electrons. The Morgan fingerprint density at radius 1 is 0.232 bits per heavy atom. The molecule has 0 amide bonds. The van der Waals surface area contributed by atoms with Gasteiger partial charge in [-0.3, -0.25) is 0 Å². The van der Waals surface area contributed by atoms with Crippen LogP contribution in [-0.2, 0) is 0 Å². The van der Waals surface area contributed by atoms with Crippen molar-refractivity contribution in [2.24, 2.45) is 0 Å². The van der Waals surface area contributed by atoms with Gasteiger partial charge in [0.15, 0.2) is 0 Å². The van der Waals surface area contributed by atoms with Crippen molar-refractivity contribution in [1.29, 1.82) is 0 Å². The van der Waals surface area contributed by atoms with Gasteiger partial charge in [-0.25, -0.2) is 0 Å². The molecule has 13 rings (SSSR count). The Balaban J connectivity index is 0.966. The number of nitrogens with zero attached hydrogens (tertiary/aromatic N) is 1. The Hall–Kier alpha value is -9.18. The quantitative estimate of drug-likeness (QED) is 0.145. The maximum Gasteiger partial charge on any atom is 0.143 e. The summed E-state index contributed by atoms with van der Waals surface area (Å²) in [5.74, 6) is 0. The van der Waals surface area contributed by atoms with Crippen molar-refractivity contribution >= 4 is 60.9 Å². The molecule has 0 fully saturated rings. The molecule has 3 nitrogen and oxygen atoms in total. The van der Waals surface area contributed by atoms with Crippen LogP contribution in [0.1, 0.15) is 0 Å². The van der Waals surface area contributed by atoms with Gasteiger partial charge in [-0.05, 0) is 104 Å². The van der Waals surface area contributed by atoms with Crippen LogP contribution >= 0.6 is 0 Å². The van der Waals surface area contributed by atoms with E-state index in [1.54, 1.807) is 0 Å². The van der Waals surface area contributed by atoms with Gasteiger partial charge in [0.25, 0.3) is 0 Å². The van der Waals surface area contributed by atoms with Crippen molar-refractivity contribution < 1.29 is 8.83 Å². The largest absolute Gasteiger partial charge is 0.455 e. The molecule has 11 aromatic carbocycles. The molecule has 0 saturated carbocycles. The molecule has 13 aromatic rings. The average molecular weight is 882 g/mol. The topological polar surface area (TPSA) is 29.5 Å². The summed E-state index contributed by atoms with van der Waals surface area (Å²) < 4.78 is 13.0. The molecule has 0 N–H and O–H groups in total. The molecule has 0 bridgehead atoms. The van der Waals surface area contributed by atoms with Gasteiger partial charge < -0.3 is 13.7 Å². The van der Waals surface area contributed by atoms with Gasteiger partial charge in [0.05, 0.1) is 0 Å². The molecule has 69 heavy (non-hydrogen) atoms. The fourth-order valence-corrected chi connectivity index (χ4v) is 10.3. The van der Waals surface area contributed by atoms with Crippen molar-refractivity contribution in [2.75, 3.05) is 4.90 Å². The van der Waals surface area contributed by atoms with Gasteiger partial charge in [-0.1, -0.05) is 212 Å². The minimum absolute atomic E-state index is 0.892. The highest BCUT2D eigenvalue weighted by Crippen LogP contribution is 2.46. The Morgan fingerprint density at radius 2 is 0.609 bits per heavy atom. The first-order chi connectivity index (χ1) is 34.2. The fraction of sp³-hybridized carbons (Fsp3) is 0. The van der Waals surface area contributed by atoms with E-state index in [-0.39, 0.29) is 0 Å². The molecule has 0 aliphatic rings. The van der Waals surface area contributed by atoms with E-state index < -0.39 is 0 Å². The van der Waals surface area contributed by atoms with Crippen molar-refractivity contribution in [3.63, 3.8) is 0 Å². The predicted molar refractivity (Wildman–Crippen MR) is 288 cm³/mol. The van der Waals surface area contributed by atoms with E-state index in [0.717, 1.165) is 94.3 Å². The first-order valence-corrected chi connectivity index (χ1v) is 23.5. The lowest BCUT2D eigenvalue weighted by Gasteiger charge is -2.27. The third-order valence-corrected chi connectivity index (χ3v) is 13.5. The molecular weight excluding hydrogens is 839 g/mol. The van der Waals surface area contributed by atoms with Crippen LogP contribution in [0, 0.1) is 0 Å². The third kappa shape index (κ3) is 7.08. The van der Waals surface area contributed by atoms with Crippen LogP contribution in [0.2, 0.25) is 0 Å². The summed E-state index contributed by atoms with van der Waals surface area (Å²) in [7, 11) is 0. The molecule has 0 spiro atoms. The molecule has 3 heteroatoms.